The van der Waals surface area contributed by atoms with Crippen LogP contribution in [0.25, 0.3) is 11.3 Å². The molecule has 3 nitrogen and oxygen atoms in total. The van der Waals surface area contributed by atoms with Crippen molar-refractivity contribution in [3.8, 4) is 11.3 Å². The molecule has 0 fully saturated rings. The number of ether oxygens (including phenoxy) is 1. The summed E-state index contributed by atoms with van der Waals surface area (Å²) in [6.45, 7) is 2.64. The number of hydrogen-bond donors (Lipinski definition) is 0. The van der Waals surface area contributed by atoms with Gasteiger partial charge in [-0.25, -0.2) is 4.98 Å². The van der Waals surface area contributed by atoms with Gasteiger partial charge in [-0.3, -0.25) is 4.98 Å². The summed E-state index contributed by atoms with van der Waals surface area (Å²) in [6.07, 6.45) is 4.56. The predicted molar refractivity (Wildman–Crippen MR) is 67.6 cm³/mol. The fraction of sp³-hybridized carbons (Fsp3) is 0.286. The van der Waals surface area contributed by atoms with Crippen LogP contribution >= 0.6 is 0 Å². The van der Waals surface area contributed by atoms with Gasteiger partial charge in [0.25, 0.3) is 0 Å². The van der Waals surface area contributed by atoms with Crippen molar-refractivity contribution in [3.63, 3.8) is 0 Å². The third-order valence-electron chi connectivity index (χ3n) is 2.63. The zero-order chi connectivity index (χ0) is 12.1. The van der Waals surface area contributed by atoms with E-state index in [2.05, 4.69) is 41.2 Å². The summed E-state index contributed by atoms with van der Waals surface area (Å²) in [5, 5.41) is 0. The molecule has 0 saturated heterocycles. The highest BCUT2D eigenvalue weighted by molar-refractivity contribution is 5.58. The number of methoxy groups -OCH3 is 1. The Hall–Kier alpha value is -1.74. The summed E-state index contributed by atoms with van der Waals surface area (Å²) >= 11 is 0. The fourth-order valence-corrected chi connectivity index (χ4v) is 1.67. The van der Waals surface area contributed by atoms with E-state index in [-0.39, 0.29) is 0 Å². The maximum atomic E-state index is 5.05. The molecule has 2 rings (SSSR count). The molecule has 0 radical (unpaired) electrons. The zero-order valence-corrected chi connectivity index (χ0v) is 10.2. The molecule has 0 bridgehead atoms. The second-order valence-electron chi connectivity index (χ2n) is 3.88. The van der Waals surface area contributed by atoms with Crippen LogP contribution in [-0.2, 0) is 17.8 Å². The first-order valence-electron chi connectivity index (χ1n) is 5.72. The molecule has 0 amide bonds. The lowest BCUT2D eigenvalue weighted by Crippen LogP contribution is -1.95. The van der Waals surface area contributed by atoms with Gasteiger partial charge in [0.1, 0.15) is 0 Å². The van der Waals surface area contributed by atoms with E-state index in [4.69, 9.17) is 4.74 Å². The molecule has 2 aromatic rings. The standard InChI is InChI=1S/C14H16N2O/c1-3-11-4-6-12(7-5-11)14-9-15-8-13(16-14)10-17-2/h4-9H,3,10H2,1-2H3. The van der Waals surface area contributed by atoms with E-state index in [0.29, 0.717) is 6.61 Å². The number of aryl methyl sites for hydroxylation is 1. The van der Waals surface area contributed by atoms with Crippen molar-refractivity contribution in [2.45, 2.75) is 20.0 Å². The van der Waals surface area contributed by atoms with Crippen molar-refractivity contribution in [3.05, 3.63) is 47.9 Å². The van der Waals surface area contributed by atoms with E-state index in [0.717, 1.165) is 23.4 Å². The van der Waals surface area contributed by atoms with Crippen molar-refractivity contribution < 1.29 is 4.74 Å². The van der Waals surface area contributed by atoms with Crippen LogP contribution in [0.4, 0.5) is 0 Å². The van der Waals surface area contributed by atoms with Gasteiger partial charge in [-0.1, -0.05) is 31.2 Å². The Labute approximate surface area is 102 Å². The molecular weight excluding hydrogens is 212 g/mol. The van der Waals surface area contributed by atoms with Gasteiger partial charge in [0, 0.05) is 12.7 Å². The highest BCUT2D eigenvalue weighted by Gasteiger charge is 2.01. The third kappa shape index (κ3) is 2.88. The van der Waals surface area contributed by atoms with Crippen molar-refractivity contribution in [2.24, 2.45) is 0 Å². The molecule has 1 aromatic heterocycles. The summed E-state index contributed by atoms with van der Waals surface area (Å²) < 4.78 is 5.05. The maximum Gasteiger partial charge on any atom is 0.0900 e. The summed E-state index contributed by atoms with van der Waals surface area (Å²) in [6, 6.07) is 8.42. The second-order valence-corrected chi connectivity index (χ2v) is 3.88. The Morgan fingerprint density at radius 1 is 1.12 bits per heavy atom. The maximum absolute atomic E-state index is 5.05. The van der Waals surface area contributed by atoms with Gasteiger partial charge >= 0.3 is 0 Å². The minimum atomic E-state index is 0.494. The van der Waals surface area contributed by atoms with Gasteiger partial charge < -0.3 is 4.74 Å². The Morgan fingerprint density at radius 3 is 2.53 bits per heavy atom. The molecule has 88 valence electrons. The molecule has 0 aliphatic heterocycles. The minimum Gasteiger partial charge on any atom is -0.378 e. The first-order chi connectivity index (χ1) is 8.33. The van der Waals surface area contributed by atoms with Crippen LogP contribution in [0.3, 0.4) is 0 Å². The summed E-state index contributed by atoms with van der Waals surface area (Å²) in [5.74, 6) is 0. The van der Waals surface area contributed by atoms with Gasteiger partial charge in [0.2, 0.25) is 0 Å². The van der Waals surface area contributed by atoms with E-state index in [9.17, 15) is 0 Å². The second kappa shape index (κ2) is 5.55. The van der Waals surface area contributed by atoms with Crippen molar-refractivity contribution >= 4 is 0 Å². The number of nitrogens with zero attached hydrogens (tertiary/aromatic N) is 2. The van der Waals surface area contributed by atoms with Crippen molar-refractivity contribution in [2.75, 3.05) is 7.11 Å². The van der Waals surface area contributed by atoms with Crippen LogP contribution in [0, 0.1) is 0 Å². The Balaban J connectivity index is 2.28. The van der Waals surface area contributed by atoms with Gasteiger partial charge in [-0.15, -0.1) is 0 Å². The molecule has 17 heavy (non-hydrogen) atoms. The van der Waals surface area contributed by atoms with Crippen molar-refractivity contribution in [1.29, 1.82) is 0 Å². The van der Waals surface area contributed by atoms with Crippen LogP contribution in [0.2, 0.25) is 0 Å². The van der Waals surface area contributed by atoms with E-state index < -0.39 is 0 Å². The summed E-state index contributed by atoms with van der Waals surface area (Å²) in [7, 11) is 1.66. The van der Waals surface area contributed by atoms with Gasteiger partial charge in [-0.2, -0.15) is 0 Å². The molecular formula is C14H16N2O. The number of aromatic nitrogens is 2. The molecule has 0 atom stereocenters. The Morgan fingerprint density at radius 2 is 1.88 bits per heavy atom. The number of rotatable bonds is 4. The van der Waals surface area contributed by atoms with Gasteiger partial charge in [0.15, 0.2) is 0 Å². The minimum absolute atomic E-state index is 0.494. The largest absolute Gasteiger partial charge is 0.378 e. The van der Waals surface area contributed by atoms with E-state index in [1.165, 1.54) is 5.56 Å². The molecule has 0 aliphatic carbocycles. The van der Waals surface area contributed by atoms with Crippen molar-refractivity contribution in [1.82, 2.24) is 9.97 Å². The predicted octanol–water partition coefficient (Wildman–Crippen LogP) is 2.85. The summed E-state index contributed by atoms with van der Waals surface area (Å²) in [5.41, 5.74) is 4.16. The first kappa shape index (κ1) is 11.7. The topological polar surface area (TPSA) is 35.0 Å². The lowest BCUT2D eigenvalue weighted by Gasteiger charge is -2.04. The first-order valence-corrected chi connectivity index (χ1v) is 5.72. The Bertz CT molecular complexity index is 480. The SMILES string of the molecule is CCc1ccc(-c2cncc(COC)n2)cc1. The third-order valence-corrected chi connectivity index (χ3v) is 2.63. The average molecular weight is 228 g/mol. The normalized spacial score (nSPS) is 10.5. The average Bonchev–Trinajstić information content (AvgIpc) is 2.40. The molecule has 1 heterocycles. The quantitative estimate of drug-likeness (QED) is 0.807. The Kier molecular flexibility index (Phi) is 3.83. The molecule has 0 unspecified atom stereocenters. The molecule has 0 N–H and O–H groups in total. The van der Waals surface area contributed by atoms with Crippen LogP contribution in [0.5, 0.6) is 0 Å². The van der Waals surface area contributed by atoms with Crippen LogP contribution in [0.1, 0.15) is 18.2 Å². The fourth-order valence-electron chi connectivity index (χ4n) is 1.67. The molecule has 1 aromatic carbocycles. The number of benzene rings is 1. The lowest BCUT2D eigenvalue weighted by atomic mass is 10.1. The van der Waals surface area contributed by atoms with Gasteiger partial charge in [-0.05, 0) is 12.0 Å². The van der Waals surface area contributed by atoms with E-state index in [1.807, 2.05) is 0 Å². The molecule has 0 aliphatic rings. The highest BCUT2D eigenvalue weighted by Crippen LogP contribution is 2.17. The molecule has 0 spiro atoms. The van der Waals surface area contributed by atoms with Gasteiger partial charge in [0.05, 0.1) is 30.4 Å². The smallest absolute Gasteiger partial charge is 0.0900 e. The molecule has 0 saturated carbocycles. The number of hydrogen-bond acceptors (Lipinski definition) is 3. The highest BCUT2D eigenvalue weighted by atomic mass is 16.5. The zero-order valence-electron chi connectivity index (χ0n) is 10.2. The van der Waals surface area contributed by atoms with Crippen LogP contribution in [-0.4, -0.2) is 17.1 Å². The summed E-state index contributed by atoms with van der Waals surface area (Å²) in [4.78, 5) is 8.68. The van der Waals surface area contributed by atoms with Crippen LogP contribution < -0.4 is 0 Å². The van der Waals surface area contributed by atoms with E-state index >= 15 is 0 Å². The monoisotopic (exact) mass is 228 g/mol. The molecule has 3 heteroatoms. The van der Waals surface area contributed by atoms with Crippen LogP contribution in [0.15, 0.2) is 36.7 Å². The van der Waals surface area contributed by atoms with E-state index in [1.54, 1.807) is 19.5 Å². The lowest BCUT2D eigenvalue weighted by molar-refractivity contribution is 0.181.